The fourth-order valence-corrected chi connectivity index (χ4v) is 7.22. The van der Waals surface area contributed by atoms with E-state index in [0.717, 1.165) is 23.7 Å². The van der Waals surface area contributed by atoms with Gasteiger partial charge in [-0.1, -0.05) is 38.0 Å². The van der Waals surface area contributed by atoms with Crippen molar-refractivity contribution in [2.24, 2.45) is 34.5 Å². The predicted molar refractivity (Wildman–Crippen MR) is 94.6 cm³/mol. The quantitative estimate of drug-likeness (QED) is 0.395. The summed E-state index contributed by atoms with van der Waals surface area (Å²) in [6, 6.07) is 2.32. The lowest BCUT2D eigenvalue weighted by Crippen LogP contribution is -2.49. The Balaban J connectivity index is 1.69. The molecule has 4 aliphatic rings. The molecule has 0 N–H and O–H groups in total. The molecule has 2 unspecified atom stereocenters. The molecule has 0 heterocycles. The molecule has 3 saturated carbocycles. The standard InChI is InChI=1S/C22H31N/c1-15-4-5-16-6-8-18-19-9-7-17(11-13-23)21(19,2)12-10-20(18)22(16,3)14-15/h6,11,15,18-20H,4-5,7-10,12,14H2,1-3H3/b17-11-/t15-,18+,19?,20?,21-,22+/m1/s1. The van der Waals surface area contributed by atoms with Crippen molar-refractivity contribution in [1.82, 2.24) is 0 Å². The molecule has 23 heavy (non-hydrogen) atoms. The highest BCUT2D eigenvalue weighted by atomic mass is 14.6. The van der Waals surface area contributed by atoms with Gasteiger partial charge in [0.05, 0.1) is 6.07 Å². The first-order valence-corrected chi connectivity index (χ1v) is 9.77. The molecular formula is C22H31N. The van der Waals surface area contributed by atoms with Crippen LogP contribution in [0.1, 0.15) is 72.1 Å². The van der Waals surface area contributed by atoms with Crippen molar-refractivity contribution in [3.8, 4) is 6.07 Å². The fraction of sp³-hybridized carbons (Fsp3) is 0.773. The number of nitrogens with zero attached hydrogens (tertiary/aromatic N) is 1. The Morgan fingerprint density at radius 2 is 1.91 bits per heavy atom. The maximum absolute atomic E-state index is 9.15. The molecule has 0 saturated heterocycles. The van der Waals surface area contributed by atoms with Gasteiger partial charge in [-0.25, -0.2) is 0 Å². The summed E-state index contributed by atoms with van der Waals surface area (Å²) < 4.78 is 0. The van der Waals surface area contributed by atoms with E-state index in [1.807, 2.05) is 6.08 Å². The lowest BCUT2D eigenvalue weighted by atomic mass is 9.47. The van der Waals surface area contributed by atoms with Gasteiger partial charge in [-0.15, -0.1) is 0 Å². The minimum Gasteiger partial charge on any atom is -0.193 e. The van der Waals surface area contributed by atoms with Crippen LogP contribution in [0.2, 0.25) is 0 Å². The van der Waals surface area contributed by atoms with Crippen LogP contribution in [0.3, 0.4) is 0 Å². The van der Waals surface area contributed by atoms with E-state index in [4.69, 9.17) is 5.26 Å². The molecule has 0 aromatic rings. The summed E-state index contributed by atoms with van der Waals surface area (Å²) in [5, 5.41) is 9.15. The number of allylic oxidation sites excluding steroid dienone is 4. The maximum atomic E-state index is 9.15. The molecule has 1 heteroatoms. The summed E-state index contributed by atoms with van der Waals surface area (Å²) >= 11 is 0. The summed E-state index contributed by atoms with van der Waals surface area (Å²) in [7, 11) is 0. The zero-order valence-corrected chi connectivity index (χ0v) is 15.1. The monoisotopic (exact) mass is 309 g/mol. The largest absolute Gasteiger partial charge is 0.193 e. The SMILES string of the molecule is C[C@@H]1CCC2=CC[C@@H]3C(CC[C@]4(C)/C(=C\C#N)CCC34)[C@@]2(C)C1. The van der Waals surface area contributed by atoms with E-state index >= 15 is 0 Å². The summed E-state index contributed by atoms with van der Waals surface area (Å²) in [4.78, 5) is 0. The highest BCUT2D eigenvalue weighted by Gasteiger charge is 2.57. The van der Waals surface area contributed by atoms with Crippen LogP contribution in [0.25, 0.3) is 0 Å². The average Bonchev–Trinajstić information content (AvgIpc) is 2.84. The van der Waals surface area contributed by atoms with Gasteiger partial charge in [0.2, 0.25) is 0 Å². The second-order valence-electron chi connectivity index (χ2n) is 9.40. The third kappa shape index (κ3) is 2.10. The lowest BCUT2D eigenvalue weighted by Gasteiger charge is -2.57. The van der Waals surface area contributed by atoms with Crippen molar-refractivity contribution in [2.75, 3.05) is 0 Å². The zero-order valence-electron chi connectivity index (χ0n) is 15.1. The Bertz CT molecular complexity index is 606. The summed E-state index contributed by atoms with van der Waals surface area (Å²) in [6.45, 7) is 7.52. The number of nitriles is 1. The van der Waals surface area contributed by atoms with Crippen LogP contribution < -0.4 is 0 Å². The van der Waals surface area contributed by atoms with Crippen LogP contribution in [0, 0.1) is 45.8 Å². The highest BCUT2D eigenvalue weighted by molar-refractivity contribution is 5.31. The third-order valence-corrected chi connectivity index (χ3v) is 8.39. The molecule has 4 aliphatic carbocycles. The van der Waals surface area contributed by atoms with Gasteiger partial charge in [0, 0.05) is 6.08 Å². The van der Waals surface area contributed by atoms with E-state index in [-0.39, 0.29) is 0 Å². The normalized spacial score (nSPS) is 50.5. The predicted octanol–water partition coefficient (Wildman–Crippen LogP) is 6.04. The average molecular weight is 309 g/mol. The molecule has 0 bridgehead atoms. The highest BCUT2D eigenvalue weighted by Crippen LogP contribution is 2.66. The van der Waals surface area contributed by atoms with E-state index in [0.29, 0.717) is 10.8 Å². The zero-order chi connectivity index (χ0) is 16.2. The summed E-state index contributed by atoms with van der Waals surface area (Å²) in [5.74, 6) is 3.46. The first kappa shape index (κ1) is 15.5. The molecule has 0 aromatic heterocycles. The fourth-order valence-electron chi connectivity index (χ4n) is 7.22. The summed E-state index contributed by atoms with van der Waals surface area (Å²) in [6.07, 6.45) is 15.2. The lowest BCUT2D eigenvalue weighted by molar-refractivity contribution is -0.0205. The van der Waals surface area contributed by atoms with Gasteiger partial charge in [0.15, 0.2) is 0 Å². The number of hydrogen-bond donors (Lipinski definition) is 0. The van der Waals surface area contributed by atoms with E-state index in [1.54, 1.807) is 5.57 Å². The van der Waals surface area contributed by atoms with Crippen molar-refractivity contribution in [3.63, 3.8) is 0 Å². The topological polar surface area (TPSA) is 23.8 Å². The molecule has 0 aliphatic heterocycles. The van der Waals surface area contributed by atoms with Crippen LogP contribution in [0.15, 0.2) is 23.3 Å². The van der Waals surface area contributed by atoms with E-state index in [2.05, 4.69) is 32.9 Å². The van der Waals surface area contributed by atoms with Gasteiger partial charge < -0.3 is 0 Å². The molecule has 4 rings (SSSR count). The molecule has 0 amide bonds. The molecule has 3 fully saturated rings. The first-order chi connectivity index (χ1) is 11.0. The number of fused-ring (bicyclic) bond motifs is 5. The van der Waals surface area contributed by atoms with Gasteiger partial charge in [-0.2, -0.15) is 5.26 Å². The third-order valence-electron chi connectivity index (χ3n) is 8.39. The number of rotatable bonds is 0. The Hall–Kier alpha value is -1.03. The van der Waals surface area contributed by atoms with E-state index < -0.39 is 0 Å². The Kier molecular flexibility index (Phi) is 3.53. The molecule has 0 spiro atoms. The second-order valence-corrected chi connectivity index (χ2v) is 9.40. The maximum Gasteiger partial charge on any atom is 0.0911 e. The van der Waals surface area contributed by atoms with Crippen LogP contribution >= 0.6 is 0 Å². The Labute approximate surface area is 141 Å². The van der Waals surface area contributed by atoms with Crippen LogP contribution in [0.4, 0.5) is 0 Å². The van der Waals surface area contributed by atoms with Crippen molar-refractivity contribution < 1.29 is 0 Å². The van der Waals surface area contributed by atoms with Crippen LogP contribution in [-0.4, -0.2) is 0 Å². The minimum absolute atomic E-state index is 0.318. The molecule has 0 aromatic carbocycles. The minimum atomic E-state index is 0.318. The Morgan fingerprint density at radius 3 is 2.70 bits per heavy atom. The van der Waals surface area contributed by atoms with E-state index in [1.165, 1.54) is 56.9 Å². The molecule has 124 valence electrons. The van der Waals surface area contributed by atoms with Crippen LogP contribution in [-0.2, 0) is 0 Å². The molecule has 6 atom stereocenters. The van der Waals surface area contributed by atoms with Gasteiger partial charge in [0.1, 0.15) is 0 Å². The number of hydrogen-bond acceptors (Lipinski definition) is 1. The smallest absolute Gasteiger partial charge is 0.0911 e. The van der Waals surface area contributed by atoms with E-state index in [9.17, 15) is 0 Å². The molecule has 0 radical (unpaired) electrons. The van der Waals surface area contributed by atoms with Gasteiger partial charge >= 0.3 is 0 Å². The molecular weight excluding hydrogens is 278 g/mol. The van der Waals surface area contributed by atoms with Crippen LogP contribution in [0.5, 0.6) is 0 Å². The van der Waals surface area contributed by atoms with Crippen molar-refractivity contribution in [3.05, 3.63) is 23.3 Å². The second kappa shape index (κ2) is 5.23. The Morgan fingerprint density at radius 1 is 1.13 bits per heavy atom. The summed E-state index contributed by atoms with van der Waals surface area (Å²) in [5.41, 5.74) is 4.05. The molecule has 1 nitrogen and oxygen atoms in total. The van der Waals surface area contributed by atoms with Crippen molar-refractivity contribution in [1.29, 1.82) is 5.26 Å². The van der Waals surface area contributed by atoms with Crippen molar-refractivity contribution in [2.45, 2.75) is 72.1 Å². The van der Waals surface area contributed by atoms with Gasteiger partial charge in [-0.05, 0) is 85.9 Å². The van der Waals surface area contributed by atoms with Gasteiger partial charge in [0.25, 0.3) is 0 Å². The van der Waals surface area contributed by atoms with Crippen molar-refractivity contribution >= 4 is 0 Å². The van der Waals surface area contributed by atoms with Gasteiger partial charge in [-0.3, -0.25) is 0 Å². The first-order valence-electron chi connectivity index (χ1n) is 9.77.